The van der Waals surface area contributed by atoms with Gasteiger partial charge in [-0.3, -0.25) is 0 Å². The minimum atomic E-state index is 0.970. The lowest BCUT2D eigenvalue weighted by Gasteiger charge is -2.44. The van der Waals surface area contributed by atoms with E-state index in [1.165, 1.54) is 51.6 Å². The van der Waals surface area contributed by atoms with E-state index >= 15 is 0 Å². The Morgan fingerprint density at radius 1 is 1.08 bits per heavy atom. The average Bonchev–Trinajstić information content (AvgIpc) is 2.17. The normalized spacial score (nSPS) is 37.8. The third-order valence-electron chi connectivity index (χ3n) is 3.75. The molecule has 0 aliphatic carbocycles. The zero-order chi connectivity index (χ0) is 8.39. The highest BCUT2D eigenvalue weighted by atomic mass is 15.2. The van der Waals surface area contributed by atoms with Gasteiger partial charge in [-0.05, 0) is 44.7 Å². The fourth-order valence-electron chi connectivity index (χ4n) is 3.05. The van der Waals surface area contributed by atoms with Crippen molar-refractivity contribution in [2.75, 3.05) is 13.1 Å². The number of hydrogen-bond donors (Lipinski definition) is 0. The van der Waals surface area contributed by atoms with Crippen molar-refractivity contribution in [3.8, 4) is 0 Å². The predicted molar refractivity (Wildman–Crippen MR) is 52.2 cm³/mol. The summed E-state index contributed by atoms with van der Waals surface area (Å²) in [6.45, 7) is 5.14. The summed E-state index contributed by atoms with van der Waals surface area (Å²) >= 11 is 0. The Hall–Kier alpha value is -0.0400. The molecule has 0 aromatic carbocycles. The second-order valence-corrected chi connectivity index (χ2v) is 4.41. The molecule has 0 N–H and O–H groups in total. The van der Waals surface area contributed by atoms with Gasteiger partial charge in [-0.1, -0.05) is 19.8 Å². The quantitative estimate of drug-likeness (QED) is 0.580. The molecule has 2 rings (SSSR count). The molecule has 0 saturated carbocycles. The molecule has 0 bridgehead atoms. The maximum atomic E-state index is 2.75. The molecular weight excluding hydrogens is 146 g/mol. The van der Waals surface area contributed by atoms with Crippen LogP contribution in [-0.4, -0.2) is 24.0 Å². The van der Waals surface area contributed by atoms with Crippen LogP contribution in [0.15, 0.2) is 0 Å². The van der Waals surface area contributed by atoms with Gasteiger partial charge in [0.2, 0.25) is 0 Å². The van der Waals surface area contributed by atoms with Crippen LogP contribution >= 0.6 is 0 Å². The predicted octanol–water partition coefficient (Wildman–Crippen LogP) is 2.66. The summed E-state index contributed by atoms with van der Waals surface area (Å²) in [6.07, 6.45) is 8.77. The van der Waals surface area contributed by atoms with Crippen LogP contribution < -0.4 is 0 Å². The first-order valence-corrected chi connectivity index (χ1v) is 5.66. The number of rotatable bonds is 1. The third-order valence-corrected chi connectivity index (χ3v) is 3.75. The molecule has 0 radical (unpaired) electrons. The van der Waals surface area contributed by atoms with Gasteiger partial charge in [-0.25, -0.2) is 0 Å². The number of hydrogen-bond acceptors (Lipinski definition) is 1. The van der Waals surface area contributed by atoms with E-state index in [0.29, 0.717) is 0 Å². The van der Waals surface area contributed by atoms with E-state index < -0.39 is 0 Å². The highest BCUT2D eigenvalue weighted by Gasteiger charge is 2.31. The summed E-state index contributed by atoms with van der Waals surface area (Å²) in [5.74, 6) is 1.03. The van der Waals surface area contributed by atoms with Crippen LogP contribution in [0.2, 0.25) is 0 Å². The molecule has 2 saturated heterocycles. The summed E-state index contributed by atoms with van der Waals surface area (Å²) in [5, 5.41) is 0. The number of nitrogens with zero attached hydrogens (tertiary/aromatic N) is 1. The molecule has 2 fully saturated rings. The maximum Gasteiger partial charge on any atom is 0.0123 e. The van der Waals surface area contributed by atoms with Gasteiger partial charge in [0.25, 0.3) is 0 Å². The standard InChI is InChI=1S/C11H21N/c1-2-10-6-5-9-12-8-4-3-7-11(10)12/h10-11H,2-9H2,1H3/t10-,11?/m1/s1. The summed E-state index contributed by atoms with van der Waals surface area (Å²) in [4.78, 5) is 2.75. The molecule has 0 aromatic heterocycles. The molecule has 2 heterocycles. The van der Waals surface area contributed by atoms with Crippen molar-refractivity contribution >= 4 is 0 Å². The minimum Gasteiger partial charge on any atom is -0.300 e. The van der Waals surface area contributed by atoms with Crippen molar-refractivity contribution < 1.29 is 0 Å². The first-order valence-electron chi connectivity index (χ1n) is 5.66. The van der Waals surface area contributed by atoms with Crippen molar-refractivity contribution in [1.82, 2.24) is 4.90 Å². The Morgan fingerprint density at radius 3 is 2.75 bits per heavy atom. The van der Waals surface area contributed by atoms with E-state index in [1.807, 2.05) is 0 Å². The van der Waals surface area contributed by atoms with Crippen molar-refractivity contribution in [3.05, 3.63) is 0 Å². The largest absolute Gasteiger partial charge is 0.300 e. The number of piperidine rings is 2. The van der Waals surface area contributed by atoms with E-state index in [2.05, 4.69) is 11.8 Å². The first-order chi connectivity index (χ1) is 5.92. The van der Waals surface area contributed by atoms with Crippen LogP contribution in [-0.2, 0) is 0 Å². The zero-order valence-electron chi connectivity index (χ0n) is 8.26. The molecule has 12 heavy (non-hydrogen) atoms. The fraction of sp³-hybridized carbons (Fsp3) is 1.00. The molecular formula is C11H21N. The minimum absolute atomic E-state index is 0.970. The smallest absolute Gasteiger partial charge is 0.0123 e. The van der Waals surface area contributed by atoms with Crippen LogP contribution in [0.1, 0.15) is 45.4 Å². The molecule has 70 valence electrons. The molecule has 1 nitrogen and oxygen atoms in total. The summed E-state index contributed by atoms with van der Waals surface area (Å²) < 4.78 is 0. The highest BCUT2D eigenvalue weighted by Crippen LogP contribution is 2.32. The second kappa shape index (κ2) is 3.78. The molecule has 1 unspecified atom stereocenters. The van der Waals surface area contributed by atoms with Gasteiger partial charge in [0.1, 0.15) is 0 Å². The fourth-order valence-corrected chi connectivity index (χ4v) is 3.05. The zero-order valence-corrected chi connectivity index (χ0v) is 8.26. The first kappa shape index (κ1) is 8.55. The van der Waals surface area contributed by atoms with Gasteiger partial charge in [-0.15, -0.1) is 0 Å². The maximum absolute atomic E-state index is 2.75. The Kier molecular flexibility index (Phi) is 2.69. The Morgan fingerprint density at radius 2 is 1.92 bits per heavy atom. The van der Waals surface area contributed by atoms with Gasteiger partial charge in [-0.2, -0.15) is 0 Å². The molecule has 0 aromatic rings. The van der Waals surface area contributed by atoms with Crippen molar-refractivity contribution in [2.45, 2.75) is 51.5 Å². The second-order valence-electron chi connectivity index (χ2n) is 4.41. The van der Waals surface area contributed by atoms with E-state index in [9.17, 15) is 0 Å². The Balaban J connectivity index is 1.99. The van der Waals surface area contributed by atoms with Gasteiger partial charge in [0.05, 0.1) is 0 Å². The van der Waals surface area contributed by atoms with Gasteiger partial charge in [0, 0.05) is 6.04 Å². The molecule has 2 aliphatic heterocycles. The van der Waals surface area contributed by atoms with Gasteiger partial charge < -0.3 is 4.90 Å². The Labute approximate surface area is 76.1 Å². The summed E-state index contributed by atoms with van der Waals surface area (Å²) in [6, 6.07) is 0.970. The van der Waals surface area contributed by atoms with Crippen LogP contribution in [0.5, 0.6) is 0 Å². The third kappa shape index (κ3) is 1.52. The highest BCUT2D eigenvalue weighted by molar-refractivity contribution is 4.86. The van der Waals surface area contributed by atoms with Gasteiger partial charge >= 0.3 is 0 Å². The summed E-state index contributed by atoms with van der Waals surface area (Å²) in [5.41, 5.74) is 0. The molecule has 1 heteroatoms. The number of fused-ring (bicyclic) bond motifs is 1. The lowest BCUT2D eigenvalue weighted by Crippen LogP contribution is -2.47. The van der Waals surface area contributed by atoms with E-state index in [4.69, 9.17) is 0 Å². The lowest BCUT2D eigenvalue weighted by molar-refractivity contribution is 0.0580. The van der Waals surface area contributed by atoms with Crippen LogP contribution in [0.3, 0.4) is 0 Å². The average molecular weight is 167 g/mol. The van der Waals surface area contributed by atoms with E-state index in [0.717, 1.165) is 12.0 Å². The summed E-state index contributed by atoms with van der Waals surface area (Å²) in [7, 11) is 0. The molecule has 2 aliphatic rings. The molecule has 2 atom stereocenters. The van der Waals surface area contributed by atoms with Crippen molar-refractivity contribution in [1.29, 1.82) is 0 Å². The van der Waals surface area contributed by atoms with Crippen LogP contribution in [0.25, 0.3) is 0 Å². The Bertz CT molecular complexity index is 135. The van der Waals surface area contributed by atoms with E-state index in [-0.39, 0.29) is 0 Å². The van der Waals surface area contributed by atoms with Crippen molar-refractivity contribution in [2.24, 2.45) is 5.92 Å². The monoisotopic (exact) mass is 167 g/mol. The van der Waals surface area contributed by atoms with E-state index in [1.54, 1.807) is 0 Å². The van der Waals surface area contributed by atoms with Crippen molar-refractivity contribution in [3.63, 3.8) is 0 Å². The van der Waals surface area contributed by atoms with Crippen LogP contribution in [0, 0.1) is 5.92 Å². The SMILES string of the molecule is CC[C@@H]1CCCN2CCCCC12. The topological polar surface area (TPSA) is 3.24 Å². The molecule has 0 spiro atoms. The van der Waals surface area contributed by atoms with Gasteiger partial charge in [0.15, 0.2) is 0 Å². The van der Waals surface area contributed by atoms with Crippen LogP contribution in [0.4, 0.5) is 0 Å². The lowest BCUT2D eigenvalue weighted by atomic mass is 9.82. The molecule has 0 amide bonds.